The van der Waals surface area contributed by atoms with Crippen molar-refractivity contribution in [1.82, 2.24) is 0 Å². The second-order valence-electron chi connectivity index (χ2n) is 6.20. The number of hydrogen-bond donors (Lipinski definition) is 2. The number of carbonyl (C=O) groups is 1. The molecule has 4 nitrogen and oxygen atoms in total. The summed E-state index contributed by atoms with van der Waals surface area (Å²) in [4.78, 5) is 11.4. The molecule has 1 aromatic carbocycles. The number of methoxy groups -OCH3 is 1. The van der Waals surface area contributed by atoms with Crippen LogP contribution in [0.15, 0.2) is 24.3 Å². The highest BCUT2D eigenvalue weighted by atomic mass is 16.5. The van der Waals surface area contributed by atoms with E-state index in [2.05, 4.69) is 24.5 Å². The molecule has 116 valence electrons. The molecule has 0 radical (unpaired) electrons. The molecule has 0 spiro atoms. The van der Waals surface area contributed by atoms with Crippen LogP contribution in [0.1, 0.15) is 33.1 Å². The van der Waals surface area contributed by atoms with Crippen molar-refractivity contribution < 1.29 is 9.53 Å². The Morgan fingerprint density at radius 2 is 1.86 bits per heavy atom. The number of carbonyl (C=O) groups excluding carboxylic acids is 1. The SMILES string of the molecule is COCC(=O)Nc1ccc(NC2CCC(C)CC2C)cc1. The summed E-state index contributed by atoms with van der Waals surface area (Å²) >= 11 is 0. The molecule has 0 saturated heterocycles. The van der Waals surface area contributed by atoms with Crippen LogP contribution in [-0.4, -0.2) is 25.7 Å². The number of nitrogens with one attached hydrogen (secondary N) is 2. The smallest absolute Gasteiger partial charge is 0.250 e. The van der Waals surface area contributed by atoms with Crippen molar-refractivity contribution in [2.75, 3.05) is 24.4 Å². The van der Waals surface area contributed by atoms with Crippen LogP contribution >= 0.6 is 0 Å². The highest BCUT2D eigenvalue weighted by Crippen LogP contribution is 2.30. The van der Waals surface area contributed by atoms with Gasteiger partial charge < -0.3 is 15.4 Å². The lowest BCUT2D eigenvalue weighted by atomic mass is 9.80. The van der Waals surface area contributed by atoms with Crippen LogP contribution in [0.4, 0.5) is 11.4 Å². The maximum Gasteiger partial charge on any atom is 0.250 e. The van der Waals surface area contributed by atoms with E-state index < -0.39 is 0 Å². The molecule has 1 aromatic rings. The van der Waals surface area contributed by atoms with Gasteiger partial charge in [-0.05, 0) is 55.4 Å². The van der Waals surface area contributed by atoms with Crippen molar-refractivity contribution >= 4 is 17.3 Å². The van der Waals surface area contributed by atoms with E-state index >= 15 is 0 Å². The first-order valence-corrected chi connectivity index (χ1v) is 7.74. The Balaban J connectivity index is 1.89. The van der Waals surface area contributed by atoms with Crippen LogP contribution in [0.2, 0.25) is 0 Å². The van der Waals surface area contributed by atoms with E-state index in [-0.39, 0.29) is 12.5 Å². The van der Waals surface area contributed by atoms with Gasteiger partial charge in [-0.15, -0.1) is 0 Å². The Morgan fingerprint density at radius 1 is 1.19 bits per heavy atom. The van der Waals surface area contributed by atoms with Gasteiger partial charge in [-0.3, -0.25) is 4.79 Å². The summed E-state index contributed by atoms with van der Waals surface area (Å²) in [5.74, 6) is 1.42. The van der Waals surface area contributed by atoms with Gasteiger partial charge in [0.05, 0.1) is 0 Å². The molecular formula is C17H26N2O2. The molecule has 0 bridgehead atoms. The predicted molar refractivity (Wildman–Crippen MR) is 86.5 cm³/mol. The van der Waals surface area contributed by atoms with Gasteiger partial charge in [0.2, 0.25) is 5.91 Å². The van der Waals surface area contributed by atoms with E-state index in [4.69, 9.17) is 4.74 Å². The van der Waals surface area contributed by atoms with Gasteiger partial charge in [-0.1, -0.05) is 13.8 Å². The zero-order valence-corrected chi connectivity index (χ0v) is 13.2. The summed E-state index contributed by atoms with van der Waals surface area (Å²) in [6, 6.07) is 8.44. The number of benzene rings is 1. The van der Waals surface area contributed by atoms with Crippen molar-refractivity contribution in [3.05, 3.63) is 24.3 Å². The molecule has 21 heavy (non-hydrogen) atoms. The molecule has 0 aromatic heterocycles. The van der Waals surface area contributed by atoms with Crippen molar-refractivity contribution in [2.24, 2.45) is 11.8 Å². The average molecular weight is 290 g/mol. The zero-order valence-electron chi connectivity index (χ0n) is 13.2. The molecule has 2 rings (SSSR count). The van der Waals surface area contributed by atoms with Crippen molar-refractivity contribution in [1.29, 1.82) is 0 Å². The number of rotatable bonds is 5. The second kappa shape index (κ2) is 7.46. The molecule has 1 aliphatic carbocycles. The van der Waals surface area contributed by atoms with Gasteiger partial charge in [-0.2, -0.15) is 0 Å². The number of anilines is 2. The third-order valence-corrected chi connectivity index (χ3v) is 4.23. The van der Waals surface area contributed by atoms with Gasteiger partial charge in [0.1, 0.15) is 6.61 Å². The Bertz CT molecular complexity index is 458. The summed E-state index contributed by atoms with van der Waals surface area (Å²) < 4.78 is 4.80. The van der Waals surface area contributed by atoms with Crippen LogP contribution < -0.4 is 10.6 Å². The Kier molecular flexibility index (Phi) is 5.62. The molecule has 1 fully saturated rings. The first-order chi connectivity index (χ1) is 10.1. The van der Waals surface area contributed by atoms with Crippen LogP contribution in [0.5, 0.6) is 0 Å². The van der Waals surface area contributed by atoms with E-state index in [1.54, 1.807) is 0 Å². The third kappa shape index (κ3) is 4.74. The molecule has 1 saturated carbocycles. The first-order valence-electron chi connectivity index (χ1n) is 7.74. The summed E-state index contributed by atoms with van der Waals surface area (Å²) in [6.45, 7) is 4.74. The Morgan fingerprint density at radius 3 is 2.48 bits per heavy atom. The van der Waals surface area contributed by atoms with Gasteiger partial charge in [0.25, 0.3) is 0 Å². The fourth-order valence-electron chi connectivity index (χ4n) is 3.07. The maximum absolute atomic E-state index is 11.4. The second-order valence-corrected chi connectivity index (χ2v) is 6.20. The topological polar surface area (TPSA) is 50.4 Å². The monoisotopic (exact) mass is 290 g/mol. The van der Waals surface area contributed by atoms with Crippen LogP contribution in [0, 0.1) is 11.8 Å². The minimum atomic E-state index is -0.131. The normalized spacial score (nSPS) is 25.4. The molecule has 0 aliphatic heterocycles. The van der Waals surface area contributed by atoms with Crippen LogP contribution in [0.3, 0.4) is 0 Å². The molecule has 3 atom stereocenters. The lowest BCUT2D eigenvalue weighted by molar-refractivity contribution is -0.119. The van der Waals surface area contributed by atoms with Gasteiger partial charge >= 0.3 is 0 Å². The minimum Gasteiger partial charge on any atom is -0.382 e. The predicted octanol–water partition coefficient (Wildman–Crippen LogP) is 3.51. The lowest BCUT2D eigenvalue weighted by Gasteiger charge is -2.33. The maximum atomic E-state index is 11.4. The highest BCUT2D eigenvalue weighted by molar-refractivity contribution is 5.91. The molecule has 2 N–H and O–H groups in total. The molecule has 4 heteroatoms. The van der Waals surface area contributed by atoms with Crippen LogP contribution in [-0.2, 0) is 9.53 Å². The number of amides is 1. The lowest BCUT2D eigenvalue weighted by Crippen LogP contribution is -2.32. The molecular weight excluding hydrogens is 264 g/mol. The van der Waals surface area contributed by atoms with Gasteiger partial charge in [0.15, 0.2) is 0 Å². The highest BCUT2D eigenvalue weighted by Gasteiger charge is 2.24. The van der Waals surface area contributed by atoms with Gasteiger partial charge in [-0.25, -0.2) is 0 Å². The van der Waals surface area contributed by atoms with E-state index in [0.29, 0.717) is 12.0 Å². The molecule has 1 amide bonds. The summed E-state index contributed by atoms with van der Waals surface area (Å²) in [6.07, 6.45) is 3.82. The standard InChI is InChI=1S/C17H26N2O2/c1-12-4-9-16(13(2)10-12)18-14-5-7-15(8-6-14)19-17(20)11-21-3/h5-8,12-13,16,18H,4,9-11H2,1-3H3,(H,19,20). The summed E-state index contributed by atoms with van der Waals surface area (Å²) in [7, 11) is 1.51. The molecule has 1 aliphatic rings. The Hall–Kier alpha value is -1.55. The number of hydrogen-bond acceptors (Lipinski definition) is 3. The minimum absolute atomic E-state index is 0.0811. The van der Waals surface area contributed by atoms with Crippen molar-refractivity contribution in [2.45, 2.75) is 39.2 Å². The van der Waals surface area contributed by atoms with Crippen molar-refractivity contribution in [3.8, 4) is 0 Å². The van der Waals surface area contributed by atoms with E-state index in [9.17, 15) is 4.79 Å². The number of ether oxygens (including phenoxy) is 1. The summed E-state index contributed by atoms with van der Waals surface area (Å²) in [5, 5.41) is 6.42. The van der Waals surface area contributed by atoms with Crippen molar-refractivity contribution in [3.63, 3.8) is 0 Å². The zero-order chi connectivity index (χ0) is 15.2. The largest absolute Gasteiger partial charge is 0.382 e. The molecule has 0 heterocycles. The Labute approximate surface area is 127 Å². The van der Waals surface area contributed by atoms with E-state index in [1.807, 2.05) is 24.3 Å². The first kappa shape index (κ1) is 15.8. The fraction of sp³-hybridized carbons (Fsp3) is 0.588. The quantitative estimate of drug-likeness (QED) is 0.872. The third-order valence-electron chi connectivity index (χ3n) is 4.23. The average Bonchev–Trinajstić information content (AvgIpc) is 2.44. The fourth-order valence-corrected chi connectivity index (χ4v) is 3.07. The van der Waals surface area contributed by atoms with Crippen LogP contribution in [0.25, 0.3) is 0 Å². The summed E-state index contributed by atoms with van der Waals surface area (Å²) in [5.41, 5.74) is 1.92. The van der Waals surface area contributed by atoms with E-state index in [0.717, 1.165) is 17.3 Å². The van der Waals surface area contributed by atoms with E-state index in [1.165, 1.54) is 26.4 Å². The van der Waals surface area contributed by atoms with Gasteiger partial charge in [0, 0.05) is 24.5 Å². The molecule has 3 unspecified atom stereocenters.